The summed E-state index contributed by atoms with van der Waals surface area (Å²) in [5, 5.41) is 7.68. The summed E-state index contributed by atoms with van der Waals surface area (Å²) in [6, 6.07) is 3.68. The van der Waals surface area contributed by atoms with Gasteiger partial charge in [-0.15, -0.1) is 0 Å². The van der Waals surface area contributed by atoms with Crippen molar-refractivity contribution in [2.75, 3.05) is 0 Å². The Morgan fingerprint density at radius 3 is 2.92 bits per heavy atom. The molecule has 0 atom stereocenters. The van der Waals surface area contributed by atoms with Crippen LogP contribution in [-0.4, -0.2) is 10.7 Å². The van der Waals surface area contributed by atoms with E-state index in [1.54, 1.807) is 12.4 Å². The van der Waals surface area contributed by atoms with Gasteiger partial charge >= 0.3 is 0 Å². The Morgan fingerprint density at radius 2 is 2.42 bits per heavy atom. The third kappa shape index (κ3) is 2.01. The molecule has 0 aromatic carbocycles. The van der Waals surface area contributed by atoms with Crippen LogP contribution in [0.5, 0.6) is 0 Å². The number of hydrogen-bond acceptors (Lipinski definition) is 2. The summed E-state index contributed by atoms with van der Waals surface area (Å²) in [6.07, 6.45) is 5.21. The number of hydrogen-bond donors (Lipinski definition) is 1. The molecule has 1 N–H and O–H groups in total. The molecule has 62 valence electrons. The topological polar surface area (TPSA) is 36.7 Å². The van der Waals surface area contributed by atoms with Crippen molar-refractivity contribution in [2.45, 2.75) is 6.92 Å². The highest BCUT2D eigenvalue weighted by Crippen LogP contribution is 2.12. The Labute approximate surface area is 80.0 Å². The molecule has 1 heterocycles. The van der Waals surface area contributed by atoms with Crippen LogP contribution in [0.3, 0.4) is 0 Å². The Balaban J connectivity index is 2.94. The molecule has 0 spiro atoms. The van der Waals surface area contributed by atoms with Crippen LogP contribution >= 0.6 is 15.9 Å². The fourth-order valence-corrected chi connectivity index (χ4v) is 1.02. The van der Waals surface area contributed by atoms with E-state index in [0.29, 0.717) is 5.71 Å². The van der Waals surface area contributed by atoms with Gasteiger partial charge < -0.3 is 0 Å². The molecule has 0 saturated heterocycles. The first-order valence-corrected chi connectivity index (χ1v) is 4.36. The van der Waals surface area contributed by atoms with E-state index in [1.807, 2.05) is 25.1 Å². The number of aromatic nitrogens is 1. The monoisotopic (exact) mass is 224 g/mol. The van der Waals surface area contributed by atoms with Crippen LogP contribution in [-0.2, 0) is 0 Å². The second-order valence-electron chi connectivity index (χ2n) is 2.25. The lowest BCUT2D eigenvalue weighted by molar-refractivity contribution is 1.31. The molecule has 0 radical (unpaired) electrons. The third-order valence-corrected chi connectivity index (χ3v) is 2.30. The second-order valence-corrected chi connectivity index (χ2v) is 3.11. The Morgan fingerprint density at radius 1 is 1.67 bits per heavy atom. The quantitative estimate of drug-likeness (QED) is 0.772. The maximum Gasteiger partial charge on any atom is 0.0766 e. The normalized spacial score (nSPS) is 11.3. The second kappa shape index (κ2) is 4.16. The van der Waals surface area contributed by atoms with Crippen molar-refractivity contribution in [2.24, 2.45) is 0 Å². The molecule has 3 heteroatoms. The summed E-state index contributed by atoms with van der Waals surface area (Å²) >= 11 is 3.29. The lowest BCUT2D eigenvalue weighted by atomic mass is 10.2. The summed E-state index contributed by atoms with van der Waals surface area (Å²) in [5.41, 5.74) is 1.29. The average Bonchev–Trinajstić information content (AvgIpc) is 2.17. The SMILES string of the molecule is C/C=C(/Br)C(=N)c1cccnc1. The zero-order valence-electron chi connectivity index (χ0n) is 6.71. The van der Waals surface area contributed by atoms with Gasteiger partial charge in [0, 0.05) is 22.4 Å². The number of pyridine rings is 1. The van der Waals surface area contributed by atoms with E-state index in [1.165, 1.54) is 0 Å². The molecule has 2 nitrogen and oxygen atoms in total. The smallest absolute Gasteiger partial charge is 0.0766 e. The molecule has 0 unspecified atom stereocenters. The molecule has 0 fully saturated rings. The maximum absolute atomic E-state index is 7.68. The van der Waals surface area contributed by atoms with Gasteiger partial charge in [0.2, 0.25) is 0 Å². The average molecular weight is 225 g/mol. The van der Waals surface area contributed by atoms with Crippen molar-refractivity contribution < 1.29 is 0 Å². The van der Waals surface area contributed by atoms with Crippen molar-refractivity contribution in [3.63, 3.8) is 0 Å². The van der Waals surface area contributed by atoms with Crippen LogP contribution in [0.1, 0.15) is 12.5 Å². The summed E-state index contributed by atoms with van der Waals surface area (Å²) in [6.45, 7) is 1.88. The highest BCUT2D eigenvalue weighted by Gasteiger charge is 2.02. The molecule has 1 aromatic rings. The number of nitrogens with zero attached hydrogens (tertiary/aromatic N) is 1. The van der Waals surface area contributed by atoms with E-state index in [-0.39, 0.29) is 0 Å². The Hall–Kier alpha value is -0.960. The zero-order valence-corrected chi connectivity index (χ0v) is 8.30. The van der Waals surface area contributed by atoms with E-state index in [2.05, 4.69) is 20.9 Å². The molecule has 0 saturated carbocycles. The summed E-state index contributed by atoms with van der Waals surface area (Å²) in [5.74, 6) is 0. The van der Waals surface area contributed by atoms with Crippen molar-refractivity contribution in [1.82, 2.24) is 4.98 Å². The predicted molar refractivity (Wildman–Crippen MR) is 53.7 cm³/mol. The van der Waals surface area contributed by atoms with Crippen LogP contribution in [0.2, 0.25) is 0 Å². The van der Waals surface area contributed by atoms with E-state index in [0.717, 1.165) is 10.0 Å². The largest absolute Gasteiger partial charge is 0.299 e. The Bertz CT molecular complexity index is 304. The fourth-order valence-electron chi connectivity index (χ4n) is 0.793. The molecular weight excluding hydrogens is 216 g/mol. The van der Waals surface area contributed by atoms with Crippen LogP contribution in [0, 0.1) is 5.41 Å². The minimum Gasteiger partial charge on any atom is -0.299 e. The van der Waals surface area contributed by atoms with Crippen LogP contribution in [0.15, 0.2) is 35.1 Å². The van der Waals surface area contributed by atoms with Gasteiger partial charge in [-0.25, -0.2) is 0 Å². The van der Waals surface area contributed by atoms with E-state index < -0.39 is 0 Å². The molecule has 0 amide bonds. The molecule has 0 aliphatic carbocycles. The first kappa shape index (κ1) is 9.13. The van der Waals surface area contributed by atoms with Crippen LogP contribution in [0.4, 0.5) is 0 Å². The lowest BCUT2D eigenvalue weighted by Crippen LogP contribution is -1.98. The Kier molecular flexibility index (Phi) is 3.17. The van der Waals surface area contributed by atoms with Crippen molar-refractivity contribution in [1.29, 1.82) is 5.41 Å². The molecular formula is C9H9BrN2. The number of rotatable bonds is 2. The molecule has 0 aliphatic rings. The van der Waals surface area contributed by atoms with Gasteiger partial charge in [0.1, 0.15) is 0 Å². The minimum absolute atomic E-state index is 0.464. The van der Waals surface area contributed by atoms with Gasteiger partial charge in [-0.2, -0.15) is 0 Å². The van der Waals surface area contributed by atoms with Gasteiger partial charge in [0.25, 0.3) is 0 Å². The molecule has 1 rings (SSSR count). The standard InChI is InChI=1S/C9H9BrN2/c1-2-8(10)9(11)7-4-3-5-12-6-7/h2-6,11H,1H3/b8-2+,11-9?. The zero-order chi connectivity index (χ0) is 8.97. The third-order valence-electron chi connectivity index (χ3n) is 1.44. The molecule has 1 aromatic heterocycles. The maximum atomic E-state index is 7.68. The number of allylic oxidation sites excluding steroid dienone is 2. The first-order valence-electron chi connectivity index (χ1n) is 3.57. The molecule has 0 aliphatic heterocycles. The van der Waals surface area contributed by atoms with Crippen molar-refractivity contribution >= 4 is 21.6 Å². The molecule has 0 bridgehead atoms. The fraction of sp³-hybridized carbons (Fsp3) is 0.111. The van der Waals surface area contributed by atoms with Crippen LogP contribution < -0.4 is 0 Å². The molecule has 12 heavy (non-hydrogen) atoms. The van der Waals surface area contributed by atoms with Gasteiger partial charge in [-0.1, -0.05) is 6.08 Å². The van der Waals surface area contributed by atoms with Gasteiger partial charge in [-0.05, 0) is 35.0 Å². The van der Waals surface area contributed by atoms with Gasteiger partial charge in [0.05, 0.1) is 5.71 Å². The lowest BCUT2D eigenvalue weighted by Gasteiger charge is -2.00. The van der Waals surface area contributed by atoms with Crippen LogP contribution in [0.25, 0.3) is 0 Å². The summed E-state index contributed by atoms with van der Waals surface area (Å²) in [4.78, 5) is 3.93. The minimum atomic E-state index is 0.464. The number of nitrogens with one attached hydrogen (secondary N) is 1. The highest BCUT2D eigenvalue weighted by atomic mass is 79.9. The van der Waals surface area contributed by atoms with Crippen molar-refractivity contribution in [3.8, 4) is 0 Å². The highest BCUT2D eigenvalue weighted by molar-refractivity contribution is 9.12. The first-order chi connectivity index (χ1) is 5.75. The summed E-state index contributed by atoms with van der Waals surface area (Å²) in [7, 11) is 0. The van der Waals surface area contributed by atoms with Gasteiger partial charge in [-0.3, -0.25) is 10.4 Å². The van der Waals surface area contributed by atoms with Gasteiger partial charge in [0.15, 0.2) is 0 Å². The van der Waals surface area contributed by atoms with E-state index in [4.69, 9.17) is 5.41 Å². The van der Waals surface area contributed by atoms with E-state index >= 15 is 0 Å². The number of halogens is 1. The predicted octanol–water partition coefficient (Wildman–Crippen LogP) is 2.75. The van der Waals surface area contributed by atoms with E-state index in [9.17, 15) is 0 Å². The van der Waals surface area contributed by atoms with Crippen molar-refractivity contribution in [3.05, 3.63) is 40.6 Å². The summed E-state index contributed by atoms with van der Waals surface area (Å²) < 4.78 is 0.788.